The van der Waals surface area contributed by atoms with Gasteiger partial charge in [-0.25, -0.2) is 9.78 Å². The summed E-state index contributed by atoms with van der Waals surface area (Å²) < 4.78 is 11.1. The number of hydrogen-bond donors (Lipinski definition) is 3. The highest BCUT2D eigenvalue weighted by atomic mass is 32.1. The maximum atomic E-state index is 14.0. The highest BCUT2D eigenvalue weighted by Crippen LogP contribution is 2.43. The summed E-state index contributed by atoms with van der Waals surface area (Å²) in [5.41, 5.74) is 17.3. The molecule has 0 saturated carbocycles. The summed E-state index contributed by atoms with van der Waals surface area (Å²) in [6.07, 6.45) is 0.721. The monoisotopic (exact) mass is 556 g/mol. The second-order valence-corrected chi connectivity index (χ2v) is 10.4. The van der Waals surface area contributed by atoms with E-state index in [-0.39, 0.29) is 17.3 Å². The van der Waals surface area contributed by atoms with Crippen molar-refractivity contribution in [2.75, 3.05) is 19.0 Å². The number of rotatable bonds is 6. The lowest BCUT2D eigenvalue weighted by Crippen LogP contribution is -2.18. The maximum absolute atomic E-state index is 14.0. The Bertz CT molecular complexity index is 1650. The number of fused-ring (bicyclic) bond motifs is 3. The molecule has 4 aromatic rings. The van der Waals surface area contributed by atoms with Crippen molar-refractivity contribution in [3.05, 3.63) is 87.0 Å². The fourth-order valence-electron chi connectivity index (χ4n) is 4.94. The molecule has 5 N–H and O–H groups in total. The molecule has 0 spiro atoms. The van der Waals surface area contributed by atoms with Gasteiger partial charge in [-0.3, -0.25) is 9.59 Å². The molecule has 2 amide bonds. The number of aryl methyl sites for hydroxylation is 2. The number of ether oxygens (including phenoxy) is 2. The van der Waals surface area contributed by atoms with E-state index in [0.717, 1.165) is 39.1 Å². The molecule has 0 saturated heterocycles. The SMILES string of the molecule is COC(=O)c1nc(C(N)=O)ccc1-c1cc2c(cc1C(=O)Nc1c(C)cc(CN)cc1C)-c1sccc1CCO2. The molecule has 3 heterocycles. The molecular formula is C30H28N4O5S. The van der Waals surface area contributed by atoms with Crippen molar-refractivity contribution in [1.82, 2.24) is 4.98 Å². The first kappa shape index (κ1) is 27.0. The Kier molecular flexibility index (Phi) is 7.38. The minimum atomic E-state index is -0.794. The van der Waals surface area contributed by atoms with Gasteiger partial charge in [-0.15, -0.1) is 11.3 Å². The van der Waals surface area contributed by atoms with E-state index in [9.17, 15) is 14.4 Å². The Morgan fingerprint density at radius 3 is 2.48 bits per heavy atom. The van der Waals surface area contributed by atoms with E-state index in [1.807, 2.05) is 31.4 Å². The number of pyridine rings is 1. The lowest BCUT2D eigenvalue weighted by molar-refractivity contribution is 0.0594. The van der Waals surface area contributed by atoms with Gasteiger partial charge in [0, 0.05) is 45.8 Å². The number of benzene rings is 2. The van der Waals surface area contributed by atoms with Crippen LogP contribution in [-0.4, -0.2) is 36.5 Å². The van der Waals surface area contributed by atoms with Crippen molar-refractivity contribution in [1.29, 1.82) is 0 Å². The number of carbonyl (C=O) groups is 3. The lowest BCUT2D eigenvalue weighted by atomic mass is 9.93. The number of esters is 1. The Labute approximate surface area is 235 Å². The smallest absolute Gasteiger partial charge is 0.357 e. The van der Waals surface area contributed by atoms with E-state index >= 15 is 0 Å². The number of anilines is 1. The van der Waals surface area contributed by atoms with Crippen molar-refractivity contribution >= 4 is 34.8 Å². The maximum Gasteiger partial charge on any atom is 0.357 e. The van der Waals surface area contributed by atoms with Crippen molar-refractivity contribution in [2.45, 2.75) is 26.8 Å². The number of primary amides is 1. The van der Waals surface area contributed by atoms with Crippen molar-refractivity contribution in [3.8, 4) is 27.3 Å². The third kappa shape index (κ3) is 4.94. The van der Waals surface area contributed by atoms with Gasteiger partial charge in [-0.05, 0) is 71.8 Å². The molecule has 10 heteroatoms. The summed E-state index contributed by atoms with van der Waals surface area (Å²) in [7, 11) is 1.22. The number of carbonyl (C=O) groups excluding carboxylic acids is 3. The van der Waals surface area contributed by atoms with Crippen molar-refractivity contribution < 1.29 is 23.9 Å². The van der Waals surface area contributed by atoms with Crippen LogP contribution in [0.5, 0.6) is 5.75 Å². The fraction of sp³-hybridized carbons (Fsp3) is 0.200. The van der Waals surface area contributed by atoms with Gasteiger partial charge in [0.2, 0.25) is 0 Å². The van der Waals surface area contributed by atoms with E-state index in [1.54, 1.807) is 23.5 Å². The van der Waals surface area contributed by atoms with E-state index in [0.29, 0.717) is 41.3 Å². The number of aromatic nitrogens is 1. The number of nitrogens with zero attached hydrogens (tertiary/aromatic N) is 1. The van der Waals surface area contributed by atoms with Crippen LogP contribution in [0.2, 0.25) is 0 Å². The molecule has 9 nitrogen and oxygen atoms in total. The van der Waals surface area contributed by atoms with Gasteiger partial charge in [-0.2, -0.15) is 0 Å². The quantitative estimate of drug-likeness (QED) is 0.294. The number of methoxy groups -OCH3 is 1. The Morgan fingerprint density at radius 2 is 1.80 bits per heavy atom. The summed E-state index contributed by atoms with van der Waals surface area (Å²) >= 11 is 1.57. The molecular weight excluding hydrogens is 528 g/mol. The Morgan fingerprint density at radius 1 is 1.05 bits per heavy atom. The number of nitrogens with two attached hydrogens (primary N) is 2. The van der Waals surface area contributed by atoms with E-state index in [4.69, 9.17) is 20.9 Å². The third-order valence-corrected chi connectivity index (χ3v) is 7.86. The molecule has 204 valence electrons. The molecule has 0 radical (unpaired) electrons. The van der Waals surface area contributed by atoms with Gasteiger partial charge in [0.1, 0.15) is 11.4 Å². The first-order chi connectivity index (χ1) is 19.2. The second kappa shape index (κ2) is 10.9. The van der Waals surface area contributed by atoms with Gasteiger partial charge in [0.05, 0.1) is 13.7 Å². The molecule has 5 rings (SSSR count). The summed E-state index contributed by atoms with van der Waals surface area (Å²) in [6, 6.07) is 12.4. The third-order valence-electron chi connectivity index (χ3n) is 6.87. The summed E-state index contributed by atoms with van der Waals surface area (Å²) in [5, 5.41) is 5.08. The van der Waals surface area contributed by atoms with E-state index in [1.165, 1.54) is 19.2 Å². The molecule has 2 aromatic carbocycles. The zero-order valence-electron chi connectivity index (χ0n) is 22.3. The van der Waals surface area contributed by atoms with Gasteiger partial charge in [0.15, 0.2) is 5.69 Å². The average molecular weight is 557 g/mol. The minimum Gasteiger partial charge on any atom is -0.493 e. The van der Waals surface area contributed by atoms with E-state index in [2.05, 4.69) is 16.4 Å². The van der Waals surface area contributed by atoms with Crippen LogP contribution in [0.25, 0.3) is 21.6 Å². The van der Waals surface area contributed by atoms with Crippen LogP contribution in [0.3, 0.4) is 0 Å². The van der Waals surface area contributed by atoms with E-state index < -0.39 is 11.9 Å². The van der Waals surface area contributed by atoms with Crippen LogP contribution in [0.15, 0.2) is 47.8 Å². The Hall–Kier alpha value is -4.54. The van der Waals surface area contributed by atoms with Crippen LogP contribution in [0.1, 0.15) is 53.6 Å². The van der Waals surface area contributed by atoms with Crippen LogP contribution in [0.4, 0.5) is 5.69 Å². The number of thiophene rings is 1. The van der Waals surface area contributed by atoms with Crippen molar-refractivity contribution in [3.63, 3.8) is 0 Å². The highest BCUT2D eigenvalue weighted by molar-refractivity contribution is 7.13. The lowest BCUT2D eigenvalue weighted by Gasteiger charge is -2.19. The number of amides is 2. The topological polar surface area (TPSA) is 147 Å². The largest absolute Gasteiger partial charge is 0.493 e. The molecule has 0 bridgehead atoms. The predicted molar refractivity (Wildman–Crippen MR) is 154 cm³/mol. The number of hydrogen-bond acceptors (Lipinski definition) is 8. The standard InChI is InChI=1S/C30H28N4O5S/c1-15-10-17(14-31)11-16(2)25(15)34-29(36)21-12-22-24(39-8-6-18-7-9-40-27(18)22)13-20(21)19-4-5-23(28(32)35)33-26(19)30(37)38-3/h4-5,7,9-13H,6,8,14,31H2,1-3H3,(H2,32,35)(H,34,36). The van der Waals surface area contributed by atoms with Crippen LogP contribution in [-0.2, 0) is 17.7 Å². The average Bonchev–Trinajstić information content (AvgIpc) is 3.35. The van der Waals surface area contributed by atoms with Crippen LogP contribution >= 0.6 is 11.3 Å². The minimum absolute atomic E-state index is 0.101. The summed E-state index contributed by atoms with van der Waals surface area (Å²) in [6.45, 7) is 4.66. The molecule has 1 aliphatic heterocycles. The molecule has 2 aromatic heterocycles. The molecule has 1 aliphatic rings. The molecule has 40 heavy (non-hydrogen) atoms. The molecule has 0 fully saturated rings. The van der Waals surface area contributed by atoms with Gasteiger partial charge < -0.3 is 26.3 Å². The van der Waals surface area contributed by atoms with Crippen LogP contribution in [0, 0.1) is 13.8 Å². The first-order valence-electron chi connectivity index (χ1n) is 12.6. The Balaban J connectivity index is 1.73. The predicted octanol–water partition coefficient (Wildman–Crippen LogP) is 4.63. The normalized spacial score (nSPS) is 12.0. The van der Waals surface area contributed by atoms with Crippen molar-refractivity contribution in [2.24, 2.45) is 11.5 Å². The van der Waals surface area contributed by atoms with Gasteiger partial charge in [0.25, 0.3) is 11.8 Å². The first-order valence-corrected chi connectivity index (χ1v) is 13.5. The van der Waals surface area contributed by atoms with Crippen LogP contribution < -0.4 is 21.5 Å². The summed E-state index contributed by atoms with van der Waals surface area (Å²) in [4.78, 5) is 43.9. The van der Waals surface area contributed by atoms with Gasteiger partial charge in [-0.1, -0.05) is 12.1 Å². The molecule has 0 unspecified atom stereocenters. The molecule has 0 atom stereocenters. The second-order valence-electron chi connectivity index (χ2n) is 9.48. The zero-order valence-corrected chi connectivity index (χ0v) is 23.1. The zero-order chi connectivity index (χ0) is 28.6. The highest BCUT2D eigenvalue weighted by Gasteiger charge is 2.27. The number of nitrogens with one attached hydrogen (secondary N) is 1. The van der Waals surface area contributed by atoms with Gasteiger partial charge >= 0.3 is 5.97 Å². The summed E-state index contributed by atoms with van der Waals surface area (Å²) in [5.74, 6) is -1.38. The molecule has 0 aliphatic carbocycles. The fourth-order valence-corrected chi connectivity index (χ4v) is 5.92.